The van der Waals surface area contributed by atoms with Crippen LogP contribution in [0.2, 0.25) is 0 Å². The fraction of sp³-hybridized carbons (Fsp3) is 0.500. The van der Waals surface area contributed by atoms with Crippen LogP contribution < -0.4 is 5.32 Å². The molecular formula is C12H17FN2O2. The van der Waals surface area contributed by atoms with Crippen molar-refractivity contribution in [3.8, 4) is 0 Å². The summed E-state index contributed by atoms with van der Waals surface area (Å²) in [5.74, 6) is -0.594. The highest BCUT2D eigenvalue weighted by Gasteiger charge is 2.24. The Kier molecular flexibility index (Phi) is 4.04. The molecule has 4 nitrogen and oxygen atoms in total. The van der Waals surface area contributed by atoms with Crippen molar-refractivity contribution in [1.82, 2.24) is 0 Å². The molecule has 0 spiro atoms. The van der Waals surface area contributed by atoms with Gasteiger partial charge in [0.1, 0.15) is 5.69 Å². The van der Waals surface area contributed by atoms with Crippen LogP contribution in [0.15, 0.2) is 18.2 Å². The molecule has 0 aliphatic heterocycles. The molecule has 0 aliphatic carbocycles. The van der Waals surface area contributed by atoms with Crippen LogP contribution in [-0.4, -0.2) is 10.5 Å². The van der Waals surface area contributed by atoms with Gasteiger partial charge in [0.05, 0.1) is 4.92 Å². The van der Waals surface area contributed by atoms with E-state index in [2.05, 4.69) is 5.32 Å². The smallest absolute Gasteiger partial charge is 0.295 e. The van der Waals surface area contributed by atoms with Crippen LogP contribution in [0.4, 0.5) is 15.8 Å². The van der Waals surface area contributed by atoms with E-state index < -0.39 is 10.7 Å². The van der Waals surface area contributed by atoms with Crippen molar-refractivity contribution in [3.63, 3.8) is 0 Å². The quantitative estimate of drug-likeness (QED) is 0.630. The summed E-state index contributed by atoms with van der Waals surface area (Å²) in [7, 11) is 0. The summed E-state index contributed by atoms with van der Waals surface area (Å²) in [6.45, 7) is 5.80. The molecule has 94 valence electrons. The van der Waals surface area contributed by atoms with Crippen LogP contribution in [0.5, 0.6) is 0 Å². The van der Waals surface area contributed by atoms with Crippen molar-refractivity contribution in [3.05, 3.63) is 34.1 Å². The molecule has 1 aromatic carbocycles. The summed E-state index contributed by atoms with van der Waals surface area (Å²) in [5, 5.41) is 13.7. The average Bonchev–Trinajstić information content (AvgIpc) is 2.20. The molecule has 5 heteroatoms. The molecule has 0 fully saturated rings. The number of nitrogens with one attached hydrogen (secondary N) is 1. The second-order valence-electron chi connectivity index (χ2n) is 4.65. The molecule has 0 aromatic heterocycles. The standard InChI is InChI=1S/C12H17FN2O2/c1-4-8-12(2,3)14-11-9(13)6-5-7-10(11)15(16)17/h5-7,14H,4,8H2,1-3H3. The molecule has 1 aromatic rings. The highest BCUT2D eigenvalue weighted by molar-refractivity contribution is 5.63. The zero-order chi connectivity index (χ0) is 13.1. The van der Waals surface area contributed by atoms with E-state index in [1.807, 2.05) is 20.8 Å². The first-order valence-corrected chi connectivity index (χ1v) is 5.58. The van der Waals surface area contributed by atoms with E-state index >= 15 is 0 Å². The van der Waals surface area contributed by atoms with Gasteiger partial charge in [-0.05, 0) is 26.3 Å². The molecule has 1 rings (SSSR count). The van der Waals surface area contributed by atoms with Gasteiger partial charge in [0.15, 0.2) is 5.82 Å². The number of nitro groups is 1. The van der Waals surface area contributed by atoms with Gasteiger partial charge >= 0.3 is 0 Å². The summed E-state index contributed by atoms with van der Waals surface area (Å²) in [6, 6.07) is 3.86. The van der Waals surface area contributed by atoms with Crippen LogP contribution in [0.25, 0.3) is 0 Å². The maximum atomic E-state index is 13.6. The lowest BCUT2D eigenvalue weighted by Gasteiger charge is -2.27. The van der Waals surface area contributed by atoms with Crippen molar-refractivity contribution in [2.45, 2.75) is 39.2 Å². The first-order chi connectivity index (χ1) is 7.87. The van der Waals surface area contributed by atoms with E-state index in [1.165, 1.54) is 18.2 Å². The number of hydrogen-bond donors (Lipinski definition) is 1. The van der Waals surface area contributed by atoms with Gasteiger partial charge in [0.2, 0.25) is 0 Å². The Morgan fingerprint density at radius 2 is 2.12 bits per heavy atom. The highest BCUT2D eigenvalue weighted by Crippen LogP contribution is 2.30. The van der Waals surface area contributed by atoms with E-state index in [-0.39, 0.29) is 16.9 Å². The van der Waals surface area contributed by atoms with Crippen LogP contribution >= 0.6 is 0 Å². The lowest BCUT2D eigenvalue weighted by Crippen LogP contribution is -2.31. The number of nitro benzene ring substituents is 1. The van der Waals surface area contributed by atoms with Crippen molar-refractivity contribution >= 4 is 11.4 Å². The molecule has 0 radical (unpaired) electrons. The lowest BCUT2D eigenvalue weighted by molar-refractivity contribution is -0.384. The third-order valence-electron chi connectivity index (χ3n) is 2.53. The molecule has 0 bridgehead atoms. The van der Waals surface area contributed by atoms with Crippen LogP contribution in [0.1, 0.15) is 33.6 Å². The van der Waals surface area contributed by atoms with Gasteiger partial charge in [-0.3, -0.25) is 10.1 Å². The predicted molar refractivity (Wildman–Crippen MR) is 65.7 cm³/mol. The Balaban J connectivity index is 3.08. The molecule has 0 saturated carbocycles. The van der Waals surface area contributed by atoms with Crippen molar-refractivity contribution in [2.24, 2.45) is 0 Å². The Labute approximate surface area is 100.0 Å². The van der Waals surface area contributed by atoms with Crippen molar-refractivity contribution in [2.75, 3.05) is 5.32 Å². The van der Waals surface area contributed by atoms with Gasteiger partial charge in [-0.25, -0.2) is 4.39 Å². The molecule has 0 atom stereocenters. The van der Waals surface area contributed by atoms with Gasteiger partial charge in [-0.2, -0.15) is 0 Å². The van der Waals surface area contributed by atoms with Gasteiger partial charge in [-0.15, -0.1) is 0 Å². The number of rotatable bonds is 5. The topological polar surface area (TPSA) is 55.2 Å². The SMILES string of the molecule is CCCC(C)(C)Nc1c(F)cccc1[N+](=O)[O-]. The number of nitrogens with zero attached hydrogens (tertiary/aromatic N) is 1. The van der Waals surface area contributed by atoms with Gasteiger partial charge in [0, 0.05) is 11.6 Å². The molecule has 0 unspecified atom stereocenters. The zero-order valence-corrected chi connectivity index (χ0v) is 10.3. The normalized spacial score (nSPS) is 11.3. The van der Waals surface area contributed by atoms with Gasteiger partial charge in [-0.1, -0.05) is 19.4 Å². The molecule has 17 heavy (non-hydrogen) atoms. The predicted octanol–water partition coefficient (Wildman–Crippen LogP) is 3.72. The second-order valence-corrected chi connectivity index (χ2v) is 4.65. The number of hydrogen-bond acceptors (Lipinski definition) is 3. The Morgan fingerprint density at radius 3 is 2.65 bits per heavy atom. The summed E-state index contributed by atoms with van der Waals surface area (Å²) in [4.78, 5) is 10.2. The highest BCUT2D eigenvalue weighted by atomic mass is 19.1. The fourth-order valence-corrected chi connectivity index (χ4v) is 1.81. The molecule has 0 saturated heterocycles. The molecule has 0 heterocycles. The Bertz CT molecular complexity index is 419. The van der Waals surface area contributed by atoms with Crippen LogP contribution in [0, 0.1) is 15.9 Å². The zero-order valence-electron chi connectivity index (χ0n) is 10.3. The second kappa shape index (κ2) is 5.12. The maximum Gasteiger partial charge on any atom is 0.295 e. The lowest BCUT2D eigenvalue weighted by atomic mass is 9.98. The minimum Gasteiger partial charge on any atom is -0.372 e. The third kappa shape index (κ3) is 3.41. The monoisotopic (exact) mass is 240 g/mol. The van der Waals surface area contributed by atoms with E-state index in [9.17, 15) is 14.5 Å². The van der Waals surface area contributed by atoms with Crippen molar-refractivity contribution in [1.29, 1.82) is 0 Å². The van der Waals surface area contributed by atoms with E-state index in [0.29, 0.717) is 0 Å². The summed E-state index contributed by atoms with van der Waals surface area (Å²) >= 11 is 0. The van der Waals surface area contributed by atoms with E-state index in [4.69, 9.17) is 0 Å². The minimum atomic E-state index is -0.594. The molecule has 0 aliphatic rings. The Hall–Kier alpha value is -1.65. The minimum absolute atomic E-state index is 0.0315. The van der Waals surface area contributed by atoms with E-state index in [1.54, 1.807) is 0 Å². The first kappa shape index (κ1) is 13.4. The number of para-hydroxylation sites is 1. The molecular weight excluding hydrogens is 223 g/mol. The van der Waals surface area contributed by atoms with Gasteiger partial charge < -0.3 is 5.32 Å². The summed E-state index contributed by atoms with van der Waals surface area (Å²) in [6.07, 6.45) is 1.72. The first-order valence-electron chi connectivity index (χ1n) is 5.58. The van der Waals surface area contributed by atoms with Crippen LogP contribution in [-0.2, 0) is 0 Å². The molecule has 0 amide bonds. The maximum absolute atomic E-state index is 13.6. The summed E-state index contributed by atoms with van der Waals surface area (Å²) < 4.78 is 13.6. The average molecular weight is 240 g/mol. The van der Waals surface area contributed by atoms with Crippen molar-refractivity contribution < 1.29 is 9.31 Å². The largest absolute Gasteiger partial charge is 0.372 e. The number of halogens is 1. The van der Waals surface area contributed by atoms with Crippen LogP contribution in [0.3, 0.4) is 0 Å². The van der Waals surface area contributed by atoms with E-state index in [0.717, 1.165) is 12.8 Å². The summed E-state index contributed by atoms with van der Waals surface area (Å²) in [5.41, 5.74) is -0.632. The number of benzene rings is 1. The molecule has 1 N–H and O–H groups in total. The third-order valence-corrected chi connectivity index (χ3v) is 2.53. The van der Waals surface area contributed by atoms with Gasteiger partial charge in [0.25, 0.3) is 5.69 Å². The number of anilines is 1. The Morgan fingerprint density at radius 1 is 1.47 bits per heavy atom. The fourth-order valence-electron chi connectivity index (χ4n) is 1.81.